The summed E-state index contributed by atoms with van der Waals surface area (Å²) >= 11 is 0. The standard InChI is InChI=1S/C14H13N3O2S.C6H12O/c1-9-8-13-12(6-7-16-14(13)17-9)10-2-4-11(5-3-10)20(15,18)19;7-6-4-2-1-3-5-6/h2-8H,1H3,(H,16,17)(H2,15,18,19);6-7H,1-5H2. The number of rotatable bonds is 2. The maximum Gasteiger partial charge on any atom is 0.238 e. The second-order valence-corrected chi connectivity index (χ2v) is 8.50. The molecule has 1 saturated carbocycles. The van der Waals surface area contributed by atoms with Gasteiger partial charge in [0.1, 0.15) is 5.65 Å². The van der Waals surface area contributed by atoms with Crippen molar-refractivity contribution in [2.45, 2.75) is 50.0 Å². The number of aliphatic hydroxyl groups excluding tert-OH is 1. The van der Waals surface area contributed by atoms with Crippen LogP contribution in [-0.2, 0) is 10.0 Å². The van der Waals surface area contributed by atoms with E-state index in [1.807, 2.05) is 19.1 Å². The van der Waals surface area contributed by atoms with Gasteiger partial charge < -0.3 is 10.1 Å². The molecular formula is C20H25N3O3S. The quantitative estimate of drug-likeness (QED) is 0.625. The topological polar surface area (TPSA) is 109 Å². The number of primary sulfonamides is 1. The molecule has 0 unspecified atom stereocenters. The Labute approximate surface area is 159 Å². The number of aryl methyl sites for hydroxylation is 1. The lowest BCUT2D eigenvalue weighted by molar-refractivity contribution is 0.130. The van der Waals surface area contributed by atoms with Crippen molar-refractivity contribution in [3.05, 3.63) is 48.3 Å². The van der Waals surface area contributed by atoms with Gasteiger partial charge in [-0.3, -0.25) is 0 Å². The molecule has 7 heteroatoms. The Kier molecular flexibility index (Phi) is 5.94. The number of fused-ring (bicyclic) bond motifs is 1. The van der Waals surface area contributed by atoms with Crippen molar-refractivity contribution in [1.29, 1.82) is 0 Å². The molecule has 0 amide bonds. The number of benzene rings is 1. The van der Waals surface area contributed by atoms with Crippen LogP contribution in [0.5, 0.6) is 0 Å². The minimum Gasteiger partial charge on any atom is -0.393 e. The van der Waals surface area contributed by atoms with Crippen LogP contribution in [0.2, 0.25) is 0 Å². The van der Waals surface area contributed by atoms with Gasteiger partial charge in [-0.05, 0) is 55.2 Å². The highest BCUT2D eigenvalue weighted by atomic mass is 32.2. The van der Waals surface area contributed by atoms with E-state index in [2.05, 4.69) is 9.97 Å². The van der Waals surface area contributed by atoms with Gasteiger partial charge >= 0.3 is 0 Å². The molecular weight excluding hydrogens is 362 g/mol. The van der Waals surface area contributed by atoms with E-state index >= 15 is 0 Å². The number of hydrogen-bond acceptors (Lipinski definition) is 4. The normalized spacial score (nSPS) is 15.4. The van der Waals surface area contributed by atoms with E-state index in [-0.39, 0.29) is 11.0 Å². The molecule has 4 N–H and O–H groups in total. The minimum atomic E-state index is -3.66. The van der Waals surface area contributed by atoms with Gasteiger partial charge in [-0.25, -0.2) is 18.5 Å². The molecule has 0 bridgehead atoms. The molecule has 0 radical (unpaired) electrons. The fraction of sp³-hybridized carbons (Fsp3) is 0.350. The first kappa shape index (κ1) is 19.5. The van der Waals surface area contributed by atoms with E-state index in [0.29, 0.717) is 0 Å². The molecule has 4 rings (SSSR count). The van der Waals surface area contributed by atoms with Crippen molar-refractivity contribution in [3.63, 3.8) is 0 Å². The molecule has 0 aliphatic heterocycles. The molecule has 1 fully saturated rings. The van der Waals surface area contributed by atoms with Gasteiger partial charge in [0.15, 0.2) is 0 Å². The monoisotopic (exact) mass is 387 g/mol. The molecule has 27 heavy (non-hydrogen) atoms. The molecule has 1 aromatic carbocycles. The van der Waals surface area contributed by atoms with Gasteiger partial charge in [-0.1, -0.05) is 31.4 Å². The summed E-state index contributed by atoms with van der Waals surface area (Å²) < 4.78 is 22.5. The zero-order valence-electron chi connectivity index (χ0n) is 15.4. The van der Waals surface area contributed by atoms with Crippen molar-refractivity contribution in [2.24, 2.45) is 5.14 Å². The molecule has 0 atom stereocenters. The Bertz CT molecular complexity index is 1000. The van der Waals surface area contributed by atoms with Crippen LogP contribution < -0.4 is 5.14 Å². The van der Waals surface area contributed by atoms with Gasteiger partial charge in [0.2, 0.25) is 10.0 Å². The summed E-state index contributed by atoms with van der Waals surface area (Å²) in [5, 5.41) is 15.0. The first-order valence-corrected chi connectivity index (χ1v) is 10.6. The van der Waals surface area contributed by atoms with Crippen molar-refractivity contribution in [3.8, 4) is 11.1 Å². The maximum atomic E-state index is 11.3. The van der Waals surface area contributed by atoms with Gasteiger partial charge in [0.05, 0.1) is 11.0 Å². The molecule has 2 heterocycles. The van der Waals surface area contributed by atoms with Gasteiger partial charge in [0, 0.05) is 17.3 Å². The molecule has 3 aromatic rings. The summed E-state index contributed by atoms with van der Waals surface area (Å²) in [5.74, 6) is 0. The second-order valence-electron chi connectivity index (χ2n) is 6.93. The molecule has 0 spiro atoms. The zero-order valence-corrected chi connectivity index (χ0v) is 16.2. The second kappa shape index (κ2) is 8.21. The number of pyridine rings is 1. The third-order valence-corrected chi connectivity index (χ3v) is 5.66. The van der Waals surface area contributed by atoms with Crippen molar-refractivity contribution in [1.82, 2.24) is 9.97 Å². The number of aromatic nitrogens is 2. The van der Waals surface area contributed by atoms with Crippen LogP contribution in [0.25, 0.3) is 22.2 Å². The fourth-order valence-electron chi connectivity index (χ4n) is 3.32. The summed E-state index contributed by atoms with van der Waals surface area (Å²) in [6.45, 7) is 1.97. The highest BCUT2D eigenvalue weighted by Crippen LogP contribution is 2.28. The lowest BCUT2D eigenvalue weighted by atomic mass is 9.98. The van der Waals surface area contributed by atoms with Gasteiger partial charge in [-0.2, -0.15) is 0 Å². The first-order chi connectivity index (χ1) is 12.8. The third kappa shape index (κ3) is 4.94. The van der Waals surface area contributed by atoms with Gasteiger partial charge in [0.25, 0.3) is 0 Å². The SMILES string of the molecule is Cc1cc2c(-c3ccc(S(N)(=O)=O)cc3)ccnc2[nH]1.OC1CCCCC1. The Balaban J connectivity index is 0.000000253. The highest BCUT2D eigenvalue weighted by Gasteiger charge is 2.10. The molecule has 1 aliphatic carbocycles. The van der Waals surface area contributed by atoms with E-state index in [1.165, 1.54) is 31.4 Å². The predicted molar refractivity (Wildman–Crippen MR) is 107 cm³/mol. The van der Waals surface area contributed by atoms with Crippen molar-refractivity contribution < 1.29 is 13.5 Å². The first-order valence-electron chi connectivity index (χ1n) is 9.10. The molecule has 0 saturated heterocycles. The number of aliphatic hydroxyl groups is 1. The lowest BCUT2D eigenvalue weighted by Gasteiger charge is -2.14. The largest absolute Gasteiger partial charge is 0.393 e. The number of aromatic amines is 1. The van der Waals surface area contributed by atoms with Crippen LogP contribution in [0.1, 0.15) is 37.8 Å². The predicted octanol–water partition coefficient (Wildman–Crippen LogP) is 3.50. The minimum absolute atomic E-state index is 0.0359. The number of H-pyrrole nitrogens is 1. The van der Waals surface area contributed by atoms with Crippen LogP contribution in [0.15, 0.2) is 47.5 Å². The lowest BCUT2D eigenvalue weighted by Crippen LogP contribution is -2.11. The van der Waals surface area contributed by atoms with Crippen LogP contribution >= 0.6 is 0 Å². The van der Waals surface area contributed by atoms with E-state index in [4.69, 9.17) is 10.2 Å². The molecule has 2 aromatic heterocycles. The summed E-state index contributed by atoms with van der Waals surface area (Å²) in [6.07, 6.45) is 7.65. The van der Waals surface area contributed by atoms with E-state index in [1.54, 1.807) is 18.3 Å². The molecule has 144 valence electrons. The summed E-state index contributed by atoms with van der Waals surface area (Å²) in [4.78, 5) is 7.56. The van der Waals surface area contributed by atoms with Crippen LogP contribution in [0, 0.1) is 6.92 Å². The molecule has 6 nitrogen and oxygen atoms in total. The zero-order chi connectivity index (χ0) is 19.4. The van der Waals surface area contributed by atoms with Crippen molar-refractivity contribution in [2.75, 3.05) is 0 Å². The third-order valence-electron chi connectivity index (χ3n) is 4.74. The number of nitrogens with two attached hydrogens (primary N) is 1. The Hall–Kier alpha value is -2.22. The Morgan fingerprint density at radius 3 is 2.33 bits per heavy atom. The summed E-state index contributed by atoms with van der Waals surface area (Å²) in [6, 6.07) is 10.4. The number of sulfonamides is 1. The van der Waals surface area contributed by atoms with Crippen LogP contribution in [0.3, 0.4) is 0 Å². The summed E-state index contributed by atoms with van der Waals surface area (Å²) in [5.41, 5.74) is 3.76. The van der Waals surface area contributed by atoms with Crippen LogP contribution in [-0.4, -0.2) is 29.6 Å². The van der Waals surface area contributed by atoms with Gasteiger partial charge in [-0.15, -0.1) is 0 Å². The van der Waals surface area contributed by atoms with Crippen LogP contribution in [0.4, 0.5) is 0 Å². The average molecular weight is 388 g/mol. The number of nitrogens with zero attached hydrogens (tertiary/aromatic N) is 1. The Morgan fingerprint density at radius 1 is 1.11 bits per heavy atom. The smallest absolute Gasteiger partial charge is 0.238 e. The van der Waals surface area contributed by atoms with E-state index in [9.17, 15) is 8.42 Å². The maximum absolute atomic E-state index is 11.3. The van der Waals surface area contributed by atoms with Crippen molar-refractivity contribution >= 4 is 21.1 Å². The Morgan fingerprint density at radius 2 is 1.78 bits per heavy atom. The van der Waals surface area contributed by atoms with E-state index in [0.717, 1.165) is 40.7 Å². The fourth-order valence-corrected chi connectivity index (χ4v) is 3.83. The summed E-state index contributed by atoms with van der Waals surface area (Å²) in [7, 11) is -3.66. The molecule has 1 aliphatic rings. The van der Waals surface area contributed by atoms with E-state index < -0.39 is 10.0 Å². The highest BCUT2D eigenvalue weighted by molar-refractivity contribution is 7.89. The average Bonchev–Trinajstić information content (AvgIpc) is 3.02. The number of nitrogens with one attached hydrogen (secondary N) is 1. The number of hydrogen-bond donors (Lipinski definition) is 3.